The van der Waals surface area contributed by atoms with Gasteiger partial charge in [-0.3, -0.25) is 33.6 Å². The number of ether oxygens (including phenoxy) is 5. The number of carbonyl (C=O) groups excluding carboxylic acids is 7. The van der Waals surface area contributed by atoms with E-state index in [0.717, 1.165) is 31.3 Å². The Kier molecular flexibility index (Phi) is 23.7. The van der Waals surface area contributed by atoms with Gasteiger partial charge in [-0.2, -0.15) is 0 Å². The molecule has 3 fully saturated rings. The van der Waals surface area contributed by atoms with Crippen LogP contribution < -0.4 is 26.6 Å². The van der Waals surface area contributed by atoms with Gasteiger partial charge >= 0.3 is 11.9 Å². The Labute approximate surface area is 421 Å². The predicted octanol–water partition coefficient (Wildman–Crippen LogP) is 5.83. The summed E-state index contributed by atoms with van der Waals surface area (Å²) in [5.41, 5.74) is 2.04. The summed E-state index contributed by atoms with van der Waals surface area (Å²) in [6.07, 6.45) is 13.5. The molecule has 70 heavy (non-hydrogen) atoms. The van der Waals surface area contributed by atoms with E-state index in [2.05, 4.69) is 55.5 Å². The fourth-order valence-corrected chi connectivity index (χ4v) is 8.70. The second kappa shape index (κ2) is 28.8. The number of epoxide rings is 1. The van der Waals surface area contributed by atoms with E-state index in [4.69, 9.17) is 23.7 Å². The number of hydrogen-bond acceptors (Lipinski definition) is 12. The van der Waals surface area contributed by atoms with Crippen molar-refractivity contribution in [2.24, 2.45) is 11.8 Å². The van der Waals surface area contributed by atoms with Crippen LogP contribution in [0.25, 0.3) is 0 Å². The zero-order valence-electron chi connectivity index (χ0n) is 42.1. The highest BCUT2D eigenvalue weighted by atomic mass is 79.9. The summed E-state index contributed by atoms with van der Waals surface area (Å²) in [4.78, 5) is 88.2. The number of alkyl halides is 1. The standard InChI is InChI=1S/C52H76BrN5O12/c1-32(2)49(58-44(59)16-10-9-13-25-54-46(61)30-53)51(65)55-36(6)50(64)57-41-15-12-11-14-38(41)20-24-47(62)68-35(5)19-23-45(60)56-42-26-34(4)43(69-37(42)7)22-18-33(3)17-21-39-28-52(31-67-52)29-40(70-39)27-48(63)66-8/h11-12,14-15,17-19,21,23,32,34-37,39-40,42-43,49H,9-10,13,16,20,22,24-31H2,1-8H3,(H,54,61)(H,55,65)(H,56,60)(H,57,64)(H,58,59)/b21-17+,23-19-,33-18+/t34-,35-,36-,37+,39+,40+,42+,43-,49-,52+/m0/s1. The number of allylic oxidation sites excluding steroid dienone is 2. The van der Waals surface area contributed by atoms with Crippen LogP contribution in [0, 0.1) is 11.8 Å². The third kappa shape index (κ3) is 20.1. The monoisotopic (exact) mass is 1040 g/mol. The molecule has 3 heterocycles. The zero-order valence-corrected chi connectivity index (χ0v) is 43.7. The summed E-state index contributed by atoms with van der Waals surface area (Å²) in [5.74, 6) is -2.47. The third-order valence-corrected chi connectivity index (χ3v) is 13.3. The SMILES string of the molecule is COC(=O)C[C@@H]1C[C@@]2(CO2)C[C@@H](/C=C/C(C)=C/C[C@@H]2O[C@H](C)[C@H](NC(=O)/C=C\[C@H](C)OC(=O)CCc3ccccc3NC(=O)[C@H](C)NC(=O)[C@@H](NC(=O)CCCCCNC(=O)CBr)C(C)C)C[C@@H]2C)O1. The molecule has 3 saturated heterocycles. The molecule has 10 atom stereocenters. The molecule has 18 heteroatoms. The average Bonchev–Trinajstić information content (AvgIpc) is 4.06. The summed E-state index contributed by atoms with van der Waals surface area (Å²) >= 11 is 3.10. The van der Waals surface area contributed by atoms with Gasteiger partial charge in [-0.25, -0.2) is 0 Å². The van der Waals surface area contributed by atoms with Crippen LogP contribution in [0.15, 0.2) is 60.2 Å². The number of nitrogens with one attached hydrogen (secondary N) is 5. The van der Waals surface area contributed by atoms with Crippen LogP contribution >= 0.6 is 15.9 Å². The van der Waals surface area contributed by atoms with Crippen LogP contribution in [0.4, 0.5) is 5.69 Å². The molecule has 0 aliphatic carbocycles. The van der Waals surface area contributed by atoms with Crippen molar-refractivity contribution in [2.45, 2.75) is 173 Å². The molecular formula is C52H76BrN5O12. The number of methoxy groups -OCH3 is 1. The van der Waals surface area contributed by atoms with E-state index >= 15 is 0 Å². The van der Waals surface area contributed by atoms with E-state index in [1.54, 1.807) is 38.1 Å². The van der Waals surface area contributed by atoms with E-state index in [0.29, 0.717) is 43.7 Å². The van der Waals surface area contributed by atoms with Crippen molar-refractivity contribution in [3.63, 3.8) is 0 Å². The number of aryl methyl sites for hydroxylation is 1. The van der Waals surface area contributed by atoms with Gasteiger partial charge in [0, 0.05) is 44.0 Å². The van der Waals surface area contributed by atoms with Gasteiger partial charge in [0.2, 0.25) is 29.5 Å². The van der Waals surface area contributed by atoms with Crippen molar-refractivity contribution in [1.82, 2.24) is 21.3 Å². The van der Waals surface area contributed by atoms with Crippen molar-refractivity contribution in [3.05, 3.63) is 65.8 Å². The van der Waals surface area contributed by atoms with Crippen molar-refractivity contribution in [1.29, 1.82) is 0 Å². The molecular weight excluding hydrogens is 966 g/mol. The Morgan fingerprint density at radius 3 is 2.34 bits per heavy atom. The maximum absolute atomic E-state index is 13.2. The van der Waals surface area contributed by atoms with Gasteiger partial charge in [-0.1, -0.05) is 85.1 Å². The lowest BCUT2D eigenvalue weighted by molar-refractivity contribution is -0.147. The number of para-hydroxylation sites is 1. The van der Waals surface area contributed by atoms with Gasteiger partial charge in [0.05, 0.1) is 61.5 Å². The highest BCUT2D eigenvalue weighted by molar-refractivity contribution is 9.09. The van der Waals surface area contributed by atoms with Crippen molar-refractivity contribution in [2.75, 3.05) is 30.9 Å². The molecule has 1 aromatic carbocycles. The number of unbranched alkanes of at least 4 members (excludes halogenated alkanes) is 2. The number of hydrogen-bond donors (Lipinski definition) is 5. The summed E-state index contributed by atoms with van der Waals surface area (Å²) in [6.45, 7) is 14.2. The first-order valence-corrected chi connectivity index (χ1v) is 25.8. The molecule has 5 N–H and O–H groups in total. The molecule has 0 bridgehead atoms. The van der Waals surface area contributed by atoms with E-state index in [1.165, 1.54) is 19.3 Å². The Morgan fingerprint density at radius 2 is 1.64 bits per heavy atom. The molecule has 0 aromatic heterocycles. The maximum Gasteiger partial charge on any atom is 0.308 e. The molecule has 1 aromatic rings. The van der Waals surface area contributed by atoms with E-state index in [9.17, 15) is 33.6 Å². The highest BCUT2D eigenvalue weighted by Crippen LogP contribution is 2.43. The third-order valence-electron chi connectivity index (χ3n) is 12.8. The Hall–Kier alpha value is -4.91. The number of benzene rings is 1. The van der Waals surface area contributed by atoms with Crippen LogP contribution in [0.3, 0.4) is 0 Å². The van der Waals surface area contributed by atoms with Crippen molar-refractivity contribution in [3.8, 4) is 0 Å². The molecule has 3 aliphatic rings. The van der Waals surface area contributed by atoms with Crippen molar-refractivity contribution < 1.29 is 57.2 Å². The highest BCUT2D eigenvalue weighted by Gasteiger charge is 2.51. The molecule has 1 spiro atoms. The minimum absolute atomic E-state index is 0.0118. The smallest absolute Gasteiger partial charge is 0.308 e. The Morgan fingerprint density at radius 1 is 0.900 bits per heavy atom. The quantitative estimate of drug-likeness (QED) is 0.0184. The first-order chi connectivity index (χ1) is 33.3. The molecule has 388 valence electrons. The van der Waals surface area contributed by atoms with Crippen LogP contribution in [0.2, 0.25) is 0 Å². The van der Waals surface area contributed by atoms with E-state index < -0.39 is 36.0 Å². The first kappa shape index (κ1) is 57.7. The molecule has 3 aliphatic heterocycles. The molecule has 0 radical (unpaired) electrons. The van der Waals surface area contributed by atoms with Gasteiger partial charge in [0.25, 0.3) is 0 Å². The number of halogens is 1. The van der Waals surface area contributed by atoms with Gasteiger partial charge in [0.15, 0.2) is 0 Å². The van der Waals surface area contributed by atoms with Gasteiger partial charge in [0.1, 0.15) is 18.2 Å². The molecule has 0 unspecified atom stereocenters. The molecule has 5 amide bonds. The normalized spacial score (nSPS) is 24.6. The molecule has 17 nitrogen and oxygen atoms in total. The van der Waals surface area contributed by atoms with Crippen molar-refractivity contribution >= 4 is 63.1 Å². The number of rotatable bonds is 26. The lowest BCUT2D eigenvalue weighted by Gasteiger charge is -2.39. The number of carbonyl (C=O) groups is 7. The summed E-state index contributed by atoms with van der Waals surface area (Å²) in [7, 11) is 1.38. The van der Waals surface area contributed by atoms with Crippen LogP contribution in [0.1, 0.15) is 118 Å². The van der Waals surface area contributed by atoms with Gasteiger partial charge < -0.3 is 50.3 Å². The van der Waals surface area contributed by atoms with Gasteiger partial charge in [-0.15, -0.1) is 0 Å². The number of anilines is 1. The fraction of sp³-hybridized carbons (Fsp3) is 0.635. The fourth-order valence-electron chi connectivity index (χ4n) is 8.50. The summed E-state index contributed by atoms with van der Waals surface area (Å²) < 4.78 is 28.7. The number of amides is 5. The Bertz CT molecular complexity index is 2040. The predicted molar refractivity (Wildman–Crippen MR) is 269 cm³/mol. The first-order valence-electron chi connectivity index (χ1n) is 24.7. The van der Waals surface area contributed by atoms with Crippen LogP contribution in [-0.4, -0.2) is 121 Å². The second-order valence-electron chi connectivity index (χ2n) is 19.2. The number of esters is 2. The van der Waals surface area contributed by atoms with Gasteiger partial charge in [-0.05, 0) is 89.3 Å². The average molecular weight is 1040 g/mol. The Balaban J connectivity index is 1.15. The summed E-state index contributed by atoms with van der Waals surface area (Å²) in [6, 6.07) is 5.06. The zero-order chi connectivity index (χ0) is 51.4. The van der Waals surface area contributed by atoms with Crippen LogP contribution in [-0.2, 0) is 63.7 Å². The largest absolute Gasteiger partial charge is 0.469 e. The molecule has 4 rings (SSSR count). The minimum atomic E-state index is -0.936. The minimum Gasteiger partial charge on any atom is -0.469 e. The van der Waals surface area contributed by atoms with Crippen LogP contribution in [0.5, 0.6) is 0 Å². The summed E-state index contributed by atoms with van der Waals surface area (Å²) in [5, 5.41) is 14.4. The second-order valence-corrected chi connectivity index (χ2v) is 19.8. The topological polar surface area (TPSA) is 229 Å². The molecule has 0 saturated carbocycles. The van der Waals surface area contributed by atoms with E-state index in [1.807, 2.05) is 39.8 Å². The van der Waals surface area contributed by atoms with E-state index in [-0.39, 0.29) is 103 Å². The lowest BCUT2D eigenvalue weighted by Crippen LogP contribution is -2.53. The maximum atomic E-state index is 13.2. The lowest BCUT2D eigenvalue weighted by atomic mass is 9.88.